The average Bonchev–Trinajstić information content (AvgIpc) is 3.56. The number of carbonyl (C=O) groups excluding carboxylic acids is 2. The summed E-state index contributed by atoms with van der Waals surface area (Å²) in [5.41, 5.74) is 1.07. The van der Waals surface area contributed by atoms with Gasteiger partial charge in [0.1, 0.15) is 6.04 Å². The van der Waals surface area contributed by atoms with Gasteiger partial charge >= 0.3 is 11.9 Å². The second-order valence-electron chi connectivity index (χ2n) is 10.5. The minimum Gasteiger partial charge on any atom is -0.481 e. The second-order valence-corrected chi connectivity index (χ2v) is 12.6. The molecule has 2 fully saturated rings. The summed E-state index contributed by atoms with van der Waals surface area (Å²) in [7, 11) is 0. The largest absolute Gasteiger partial charge is 0.481 e. The van der Waals surface area contributed by atoms with Gasteiger partial charge in [0, 0.05) is 33.5 Å². The van der Waals surface area contributed by atoms with E-state index in [0.717, 1.165) is 42.6 Å². The topological polar surface area (TPSA) is 121 Å². The molecule has 10 heteroatoms. The molecule has 0 radical (unpaired) electrons. The summed E-state index contributed by atoms with van der Waals surface area (Å²) in [6.45, 7) is 2.06. The molecular weight excluding hydrogens is 525 g/mol. The number of carbonyl (C=O) groups is 4. The number of rotatable bonds is 9. The van der Waals surface area contributed by atoms with Crippen LogP contribution in [-0.4, -0.2) is 45.1 Å². The third kappa shape index (κ3) is 5.41. The number of thioether (sulfide) groups is 1. The summed E-state index contributed by atoms with van der Waals surface area (Å²) in [6, 6.07) is 0.767. The van der Waals surface area contributed by atoms with Crippen molar-refractivity contribution in [1.82, 2.24) is 5.32 Å². The smallest absolute Gasteiger partial charge is 0.326 e. The van der Waals surface area contributed by atoms with Crippen LogP contribution in [0.4, 0.5) is 0 Å². The molecule has 2 saturated carbocycles. The van der Waals surface area contributed by atoms with Crippen LogP contribution in [-0.2, 0) is 20.8 Å². The second kappa shape index (κ2) is 10.9. The molecule has 0 aliphatic heterocycles. The maximum absolute atomic E-state index is 13.4. The highest BCUT2D eigenvalue weighted by Gasteiger charge is 2.49. The molecule has 0 aromatic heterocycles. The zero-order valence-electron chi connectivity index (χ0n) is 20.1. The first kappa shape index (κ1) is 27.3. The minimum absolute atomic E-state index is 0.0907. The first-order valence-electron chi connectivity index (χ1n) is 12.5. The van der Waals surface area contributed by atoms with E-state index in [9.17, 15) is 24.3 Å². The lowest BCUT2D eigenvalue weighted by molar-refractivity contribution is -0.143. The monoisotopic (exact) mass is 555 g/mol. The molecule has 0 saturated heterocycles. The lowest BCUT2D eigenvalue weighted by Crippen LogP contribution is -2.43. The standard InChI is InChI=1S/C26H31Cl2NO6S/c1-26(15-4-2-3-5-15)12-14-11-18(21(27)22(28)20(14)23(26)32)36-16-7-6-13(10-16)24(33)29-17(25(34)35)8-9-19(30)31/h11,13,15-17H,2-10,12H2,1H3,(H,29,33)(H,30,31)(H,34,35)/t13-,16-,17-,26?/m0/s1. The average molecular weight is 557 g/mol. The Bertz CT molecular complexity index is 1090. The Kier molecular flexibility index (Phi) is 8.27. The first-order chi connectivity index (χ1) is 17.0. The van der Waals surface area contributed by atoms with Crippen LogP contribution in [0.5, 0.6) is 0 Å². The molecule has 3 N–H and O–H groups in total. The van der Waals surface area contributed by atoms with Gasteiger partial charge in [-0.1, -0.05) is 43.0 Å². The van der Waals surface area contributed by atoms with Gasteiger partial charge in [-0.05, 0) is 62.5 Å². The van der Waals surface area contributed by atoms with Crippen LogP contribution in [0.25, 0.3) is 0 Å². The highest BCUT2D eigenvalue weighted by atomic mass is 35.5. The van der Waals surface area contributed by atoms with Crippen molar-refractivity contribution in [2.75, 3.05) is 0 Å². The Labute approximate surface area is 224 Å². The van der Waals surface area contributed by atoms with Crippen LogP contribution < -0.4 is 5.32 Å². The van der Waals surface area contributed by atoms with Gasteiger partial charge in [-0.3, -0.25) is 14.4 Å². The zero-order chi connectivity index (χ0) is 26.2. The van der Waals surface area contributed by atoms with E-state index >= 15 is 0 Å². The Morgan fingerprint density at radius 1 is 1.14 bits per heavy atom. The van der Waals surface area contributed by atoms with Crippen LogP contribution in [0.2, 0.25) is 10.0 Å². The van der Waals surface area contributed by atoms with Crippen LogP contribution >= 0.6 is 35.0 Å². The number of aliphatic carboxylic acids is 2. The van der Waals surface area contributed by atoms with Crippen molar-refractivity contribution in [1.29, 1.82) is 0 Å². The Balaban J connectivity index is 1.42. The lowest BCUT2D eigenvalue weighted by Gasteiger charge is -2.29. The molecular formula is C26H31Cl2NO6S. The predicted octanol–water partition coefficient (Wildman–Crippen LogP) is 5.62. The SMILES string of the molecule is CC1(C2CCCC2)Cc2cc(S[C@H]3CC[C@H](C(=O)N[C@@H](CCC(=O)O)C(=O)O)C3)c(Cl)c(Cl)c2C1=O. The van der Waals surface area contributed by atoms with Crippen molar-refractivity contribution in [3.63, 3.8) is 0 Å². The highest BCUT2D eigenvalue weighted by molar-refractivity contribution is 8.00. The summed E-state index contributed by atoms with van der Waals surface area (Å²) in [6.07, 6.45) is 6.50. The summed E-state index contributed by atoms with van der Waals surface area (Å²) < 4.78 is 0. The molecule has 0 bridgehead atoms. The fourth-order valence-electron chi connectivity index (χ4n) is 6.06. The molecule has 3 aliphatic rings. The number of Topliss-reactive ketones (excluding diaryl/α,β-unsaturated/α-hetero) is 1. The summed E-state index contributed by atoms with van der Waals surface area (Å²) in [4.78, 5) is 49.1. The molecule has 1 aromatic rings. The van der Waals surface area contributed by atoms with E-state index in [1.165, 1.54) is 0 Å². The molecule has 36 heavy (non-hydrogen) atoms. The summed E-state index contributed by atoms with van der Waals surface area (Å²) in [5.74, 6) is -2.61. The third-order valence-electron chi connectivity index (χ3n) is 8.13. The van der Waals surface area contributed by atoms with Crippen molar-refractivity contribution in [2.24, 2.45) is 17.3 Å². The highest BCUT2D eigenvalue weighted by Crippen LogP contribution is 2.53. The number of hydrogen-bond acceptors (Lipinski definition) is 5. The van der Waals surface area contributed by atoms with Gasteiger partial charge in [0.2, 0.25) is 5.91 Å². The molecule has 0 spiro atoms. The molecule has 1 amide bonds. The number of hydrogen-bond donors (Lipinski definition) is 3. The van der Waals surface area contributed by atoms with Crippen molar-refractivity contribution in [2.45, 2.75) is 87.3 Å². The van der Waals surface area contributed by atoms with Crippen molar-refractivity contribution in [3.8, 4) is 0 Å². The molecule has 4 rings (SSSR count). The van der Waals surface area contributed by atoms with Crippen LogP contribution in [0.15, 0.2) is 11.0 Å². The van der Waals surface area contributed by atoms with E-state index in [-0.39, 0.29) is 35.7 Å². The van der Waals surface area contributed by atoms with E-state index in [2.05, 4.69) is 12.2 Å². The molecule has 3 aliphatic carbocycles. The summed E-state index contributed by atoms with van der Waals surface area (Å²) >= 11 is 14.8. The van der Waals surface area contributed by atoms with Gasteiger partial charge < -0.3 is 15.5 Å². The van der Waals surface area contributed by atoms with Gasteiger partial charge in [-0.15, -0.1) is 11.8 Å². The lowest BCUT2D eigenvalue weighted by atomic mass is 9.73. The maximum Gasteiger partial charge on any atom is 0.326 e. The van der Waals surface area contributed by atoms with Crippen LogP contribution in [0, 0.1) is 17.3 Å². The number of benzene rings is 1. The number of amides is 1. The Morgan fingerprint density at radius 3 is 2.47 bits per heavy atom. The van der Waals surface area contributed by atoms with E-state index in [1.54, 1.807) is 11.8 Å². The number of fused-ring (bicyclic) bond motifs is 1. The van der Waals surface area contributed by atoms with Gasteiger partial charge in [0.05, 0.1) is 10.0 Å². The summed E-state index contributed by atoms with van der Waals surface area (Å²) in [5, 5.41) is 21.4. The van der Waals surface area contributed by atoms with Crippen molar-refractivity contribution in [3.05, 3.63) is 27.2 Å². The third-order valence-corrected chi connectivity index (χ3v) is 10.4. The number of halogens is 2. The fraction of sp³-hybridized carbons (Fsp3) is 0.615. The van der Waals surface area contributed by atoms with Crippen molar-refractivity contribution >= 4 is 58.6 Å². The predicted molar refractivity (Wildman–Crippen MR) is 138 cm³/mol. The number of carboxylic acid groups (broad SMARTS) is 2. The maximum atomic E-state index is 13.4. The van der Waals surface area contributed by atoms with Gasteiger partial charge in [0.25, 0.3) is 0 Å². The first-order valence-corrected chi connectivity index (χ1v) is 14.1. The fourth-order valence-corrected chi connectivity index (χ4v) is 8.06. The molecule has 196 valence electrons. The van der Waals surface area contributed by atoms with E-state index in [4.69, 9.17) is 28.3 Å². The molecule has 4 atom stereocenters. The van der Waals surface area contributed by atoms with E-state index in [0.29, 0.717) is 40.8 Å². The minimum atomic E-state index is -1.24. The van der Waals surface area contributed by atoms with Gasteiger partial charge in [0.15, 0.2) is 5.78 Å². The number of nitrogens with one attached hydrogen (secondary N) is 1. The van der Waals surface area contributed by atoms with E-state index < -0.39 is 23.4 Å². The molecule has 1 unspecified atom stereocenters. The molecule has 0 heterocycles. The molecule has 7 nitrogen and oxygen atoms in total. The Morgan fingerprint density at radius 2 is 1.83 bits per heavy atom. The number of carboxylic acids is 2. The van der Waals surface area contributed by atoms with E-state index in [1.807, 2.05) is 6.07 Å². The molecule has 1 aromatic carbocycles. The van der Waals surface area contributed by atoms with Crippen LogP contribution in [0.1, 0.15) is 80.6 Å². The number of ketones is 1. The van der Waals surface area contributed by atoms with Crippen molar-refractivity contribution < 1.29 is 29.4 Å². The zero-order valence-corrected chi connectivity index (χ0v) is 22.5. The quantitative estimate of drug-likeness (QED) is 0.361. The van der Waals surface area contributed by atoms with Gasteiger partial charge in [-0.25, -0.2) is 4.79 Å². The Hall–Kier alpha value is -1.77. The van der Waals surface area contributed by atoms with Crippen LogP contribution in [0.3, 0.4) is 0 Å². The van der Waals surface area contributed by atoms with Gasteiger partial charge in [-0.2, -0.15) is 0 Å². The normalized spacial score (nSPS) is 26.7.